The first kappa shape index (κ1) is 19.8. The zero-order valence-corrected chi connectivity index (χ0v) is 17.3. The van der Waals surface area contributed by atoms with Crippen LogP contribution in [0.25, 0.3) is 5.76 Å². The molecule has 0 saturated carbocycles. The van der Waals surface area contributed by atoms with Crippen LogP contribution in [0.15, 0.2) is 72.6 Å². The third kappa shape index (κ3) is 3.37. The molecule has 1 amide bonds. The normalized spacial score (nSPS) is 18.9. The first-order valence-electron chi connectivity index (χ1n) is 10.2. The molecule has 2 aromatic carbocycles. The number of hydrogen-bond donors (Lipinski definition) is 1. The highest BCUT2D eigenvalue weighted by Gasteiger charge is 2.46. The summed E-state index contributed by atoms with van der Waals surface area (Å²) in [5, 5.41) is 11.2. The summed E-state index contributed by atoms with van der Waals surface area (Å²) in [4.78, 5) is 31.8. The molecule has 7 nitrogen and oxygen atoms in total. The number of nitrogens with zero attached hydrogens (tertiary/aromatic N) is 2. The van der Waals surface area contributed by atoms with Gasteiger partial charge in [0, 0.05) is 24.5 Å². The fourth-order valence-electron chi connectivity index (χ4n) is 4.03. The topological polar surface area (TPSA) is 89.0 Å². The quantitative estimate of drug-likeness (QED) is 0.387. The van der Waals surface area contributed by atoms with E-state index in [-0.39, 0.29) is 24.7 Å². The Morgan fingerprint density at radius 1 is 1.09 bits per heavy atom. The van der Waals surface area contributed by atoms with Crippen molar-refractivity contribution in [3.05, 3.63) is 94.8 Å². The van der Waals surface area contributed by atoms with Crippen molar-refractivity contribution in [2.75, 3.05) is 6.79 Å². The van der Waals surface area contributed by atoms with Crippen LogP contribution < -0.4 is 9.47 Å². The number of fused-ring (bicyclic) bond motifs is 1. The highest BCUT2D eigenvalue weighted by molar-refractivity contribution is 6.46. The zero-order chi connectivity index (χ0) is 22.2. The number of benzene rings is 2. The van der Waals surface area contributed by atoms with E-state index in [0.29, 0.717) is 17.1 Å². The predicted octanol–water partition coefficient (Wildman–Crippen LogP) is 3.74. The largest absolute Gasteiger partial charge is 0.507 e. The monoisotopic (exact) mass is 428 g/mol. The Morgan fingerprint density at radius 2 is 1.88 bits per heavy atom. The number of aromatic nitrogens is 1. The van der Waals surface area contributed by atoms with Crippen LogP contribution in [-0.2, 0) is 16.1 Å². The standard InChI is InChI=1S/C25H20N2O5/c1-15-4-6-17(7-5-15)22-21(23(28)18-8-9-19-20(11-18)32-14-31-19)24(29)25(30)27(22)13-16-3-2-10-26-12-16/h2-12,22,28H,13-14H2,1H3/b23-21+. The van der Waals surface area contributed by atoms with Crippen molar-refractivity contribution >= 4 is 17.4 Å². The summed E-state index contributed by atoms with van der Waals surface area (Å²) in [6.45, 7) is 2.25. The fourth-order valence-corrected chi connectivity index (χ4v) is 4.03. The second-order valence-corrected chi connectivity index (χ2v) is 7.77. The molecule has 2 aliphatic rings. The van der Waals surface area contributed by atoms with Crippen molar-refractivity contribution in [1.82, 2.24) is 9.88 Å². The number of likely N-dealkylation sites (tertiary alicyclic amines) is 1. The van der Waals surface area contributed by atoms with Gasteiger partial charge in [-0.15, -0.1) is 0 Å². The van der Waals surface area contributed by atoms with E-state index < -0.39 is 17.7 Å². The summed E-state index contributed by atoms with van der Waals surface area (Å²) in [5.41, 5.74) is 3.00. The van der Waals surface area contributed by atoms with E-state index in [9.17, 15) is 14.7 Å². The molecule has 1 N–H and O–H groups in total. The van der Waals surface area contributed by atoms with E-state index in [1.54, 1.807) is 36.7 Å². The molecule has 160 valence electrons. The van der Waals surface area contributed by atoms with E-state index in [2.05, 4.69) is 4.98 Å². The van der Waals surface area contributed by atoms with Gasteiger partial charge in [-0.2, -0.15) is 0 Å². The lowest BCUT2D eigenvalue weighted by Crippen LogP contribution is -2.29. The zero-order valence-electron chi connectivity index (χ0n) is 17.3. The van der Waals surface area contributed by atoms with Gasteiger partial charge < -0.3 is 19.5 Å². The lowest BCUT2D eigenvalue weighted by atomic mass is 9.94. The first-order valence-corrected chi connectivity index (χ1v) is 10.2. The van der Waals surface area contributed by atoms with Crippen molar-refractivity contribution in [3.8, 4) is 11.5 Å². The molecule has 1 atom stereocenters. The summed E-state index contributed by atoms with van der Waals surface area (Å²) in [5.74, 6) is -0.601. The number of pyridine rings is 1. The van der Waals surface area contributed by atoms with Gasteiger partial charge in [0.1, 0.15) is 5.76 Å². The van der Waals surface area contributed by atoms with E-state index in [4.69, 9.17) is 9.47 Å². The minimum Gasteiger partial charge on any atom is -0.507 e. The van der Waals surface area contributed by atoms with Gasteiger partial charge in [0.25, 0.3) is 11.7 Å². The minimum absolute atomic E-state index is 0.0432. The van der Waals surface area contributed by atoms with E-state index in [1.807, 2.05) is 37.3 Å². The molecular weight excluding hydrogens is 408 g/mol. The van der Waals surface area contributed by atoms with Gasteiger partial charge in [-0.3, -0.25) is 14.6 Å². The Morgan fingerprint density at radius 3 is 2.62 bits per heavy atom. The summed E-state index contributed by atoms with van der Waals surface area (Å²) in [6, 6.07) is 15.4. The number of hydrogen-bond acceptors (Lipinski definition) is 6. The molecule has 5 rings (SSSR count). The van der Waals surface area contributed by atoms with Gasteiger partial charge >= 0.3 is 0 Å². The number of ketones is 1. The molecule has 1 aromatic heterocycles. The summed E-state index contributed by atoms with van der Waals surface area (Å²) in [7, 11) is 0. The first-order chi connectivity index (χ1) is 15.5. The molecule has 7 heteroatoms. The van der Waals surface area contributed by atoms with E-state index >= 15 is 0 Å². The van der Waals surface area contributed by atoms with Gasteiger partial charge in [0.15, 0.2) is 11.5 Å². The molecule has 0 radical (unpaired) electrons. The van der Waals surface area contributed by atoms with Gasteiger partial charge in [-0.1, -0.05) is 35.9 Å². The Hall–Kier alpha value is -4.13. The number of aliphatic hydroxyl groups is 1. The summed E-state index contributed by atoms with van der Waals surface area (Å²) >= 11 is 0. The number of carbonyl (C=O) groups is 2. The van der Waals surface area contributed by atoms with Gasteiger partial charge in [0.2, 0.25) is 6.79 Å². The Kier molecular flexibility index (Phi) is 4.86. The molecule has 1 fully saturated rings. The van der Waals surface area contributed by atoms with Crippen molar-refractivity contribution in [3.63, 3.8) is 0 Å². The van der Waals surface area contributed by atoms with Crippen LogP contribution in [-0.4, -0.2) is 33.5 Å². The smallest absolute Gasteiger partial charge is 0.295 e. The van der Waals surface area contributed by atoms with Crippen LogP contribution in [0.5, 0.6) is 11.5 Å². The van der Waals surface area contributed by atoms with Crippen LogP contribution >= 0.6 is 0 Å². The summed E-state index contributed by atoms with van der Waals surface area (Å²) in [6.07, 6.45) is 3.30. The molecular formula is C25H20N2O5. The van der Waals surface area contributed by atoms with Crippen molar-refractivity contribution in [2.45, 2.75) is 19.5 Å². The maximum absolute atomic E-state index is 13.1. The number of amides is 1. The van der Waals surface area contributed by atoms with Crippen LogP contribution in [0.2, 0.25) is 0 Å². The van der Waals surface area contributed by atoms with Crippen molar-refractivity contribution in [2.24, 2.45) is 0 Å². The lowest BCUT2D eigenvalue weighted by Gasteiger charge is -2.25. The molecule has 0 spiro atoms. The van der Waals surface area contributed by atoms with Crippen LogP contribution in [0.3, 0.4) is 0 Å². The Balaban J connectivity index is 1.64. The Labute approximate surface area is 184 Å². The molecule has 1 saturated heterocycles. The number of carbonyl (C=O) groups excluding carboxylic acids is 2. The molecule has 2 aliphatic heterocycles. The maximum atomic E-state index is 13.1. The SMILES string of the molecule is Cc1ccc(C2/C(=C(\O)c3ccc4c(c3)OCO4)C(=O)C(=O)N2Cc2cccnc2)cc1. The molecule has 32 heavy (non-hydrogen) atoms. The molecule has 3 heterocycles. The highest BCUT2D eigenvalue weighted by Crippen LogP contribution is 2.42. The predicted molar refractivity (Wildman–Crippen MR) is 116 cm³/mol. The molecule has 3 aromatic rings. The second-order valence-electron chi connectivity index (χ2n) is 7.77. The highest BCUT2D eigenvalue weighted by atomic mass is 16.7. The third-order valence-electron chi connectivity index (χ3n) is 5.65. The van der Waals surface area contributed by atoms with Crippen LogP contribution in [0, 0.1) is 6.92 Å². The second kappa shape index (κ2) is 7.85. The van der Waals surface area contributed by atoms with Gasteiger partial charge in [-0.25, -0.2) is 0 Å². The molecule has 0 bridgehead atoms. The number of aryl methyl sites for hydroxylation is 1. The molecule has 0 aliphatic carbocycles. The molecule has 1 unspecified atom stereocenters. The number of Topliss-reactive ketones (excluding diaryl/α,β-unsaturated/α-hetero) is 1. The van der Waals surface area contributed by atoms with Gasteiger partial charge in [-0.05, 0) is 42.3 Å². The third-order valence-corrected chi connectivity index (χ3v) is 5.65. The maximum Gasteiger partial charge on any atom is 0.295 e. The Bertz CT molecular complexity index is 1230. The van der Waals surface area contributed by atoms with E-state index in [0.717, 1.165) is 16.7 Å². The minimum atomic E-state index is -0.735. The lowest BCUT2D eigenvalue weighted by molar-refractivity contribution is -0.140. The van der Waals surface area contributed by atoms with E-state index in [1.165, 1.54) is 4.90 Å². The van der Waals surface area contributed by atoms with Crippen LogP contribution in [0.1, 0.15) is 28.3 Å². The number of aliphatic hydroxyl groups excluding tert-OH is 1. The number of rotatable bonds is 4. The fraction of sp³-hybridized carbons (Fsp3) is 0.160. The average molecular weight is 428 g/mol. The van der Waals surface area contributed by atoms with Crippen molar-refractivity contribution < 1.29 is 24.2 Å². The summed E-state index contributed by atoms with van der Waals surface area (Å²) < 4.78 is 10.7. The van der Waals surface area contributed by atoms with Crippen molar-refractivity contribution in [1.29, 1.82) is 0 Å². The average Bonchev–Trinajstić information content (AvgIpc) is 3.38. The number of ether oxygens (including phenoxy) is 2. The van der Waals surface area contributed by atoms with Crippen LogP contribution in [0.4, 0.5) is 0 Å². The van der Waals surface area contributed by atoms with Gasteiger partial charge in [0.05, 0.1) is 11.6 Å².